The number of methoxy groups -OCH3 is 1. The molecule has 116 valence electrons. The average Bonchev–Trinajstić information content (AvgIpc) is 2.47. The van der Waals surface area contributed by atoms with Crippen LogP contribution in [0.1, 0.15) is 5.56 Å². The highest BCUT2D eigenvalue weighted by Crippen LogP contribution is 2.15. The first kappa shape index (κ1) is 16.0. The van der Waals surface area contributed by atoms with Crippen molar-refractivity contribution < 1.29 is 22.5 Å². The summed E-state index contributed by atoms with van der Waals surface area (Å²) in [5, 5.41) is 2.65. The van der Waals surface area contributed by atoms with E-state index in [1.807, 2.05) is 0 Å². The first-order valence-electron chi connectivity index (χ1n) is 6.39. The first-order chi connectivity index (χ1) is 10.4. The van der Waals surface area contributed by atoms with E-state index in [0.29, 0.717) is 11.4 Å². The maximum Gasteiger partial charge on any atom is 0.294 e. The van der Waals surface area contributed by atoms with Gasteiger partial charge in [0.25, 0.3) is 10.1 Å². The molecule has 0 bridgehead atoms. The molecule has 0 aliphatic carbocycles. The lowest BCUT2D eigenvalue weighted by atomic mass is 10.1. The molecule has 0 fully saturated rings. The van der Waals surface area contributed by atoms with E-state index in [-0.39, 0.29) is 17.2 Å². The van der Waals surface area contributed by atoms with E-state index in [2.05, 4.69) is 5.32 Å². The molecule has 6 nitrogen and oxygen atoms in total. The normalized spacial score (nSPS) is 11.0. The molecule has 1 amide bonds. The van der Waals surface area contributed by atoms with Crippen molar-refractivity contribution in [1.82, 2.24) is 0 Å². The first-order valence-corrected chi connectivity index (χ1v) is 7.83. The minimum atomic E-state index is -4.23. The van der Waals surface area contributed by atoms with Crippen molar-refractivity contribution in [3.05, 3.63) is 54.1 Å². The predicted molar refractivity (Wildman–Crippen MR) is 81.6 cm³/mol. The summed E-state index contributed by atoms with van der Waals surface area (Å²) in [6, 6.07) is 12.4. The highest BCUT2D eigenvalue weighted by atomic mass is 32.2. The number of carbonyl (C=O) groups excluding carboxylic acids is 1. The van der Waals surface area contributed by atoms with Gasteiger partial charge in [0.05, 0.1) is 18.4 Å². The average molecular weight is 321 g/mol. The van der Waals surface area contributed by atoms with Crippen LogP contribution in [-0.4, -0.2) is 26.0 Å². The van der Waals surface area contributed by atoms with Gasteiger partial charge in [-0.15, -0.1) is 0 Å². The molecule has 0 saturated heterocycles. The third kappa shape index (κ3) is 4.31. The van der Waals surface area contributed by atoms with Crippen LogP contribution in [0.25, 0.3) is 0 Å². The summed E-state index contributed by atoms with van der Waals surface area (Å²) in [6.07, 6.45) is 0.185. The van der Waals surface area contributed by atoms with E-state index in [9.17, 15) is 13.2 Å². The topological polar surface area (TPSA) is 92.7 Å². The second-order valence-corrected chi connectivity index (χ2v) is 5.99. The molecule has 2 N–H and O–H groups in total. The van der Waals surface area contributed by atoms with Crippen LogP contribution in [0.5, 0.6) is 5.75 Å². The number of rotatable bonds is 5. The van der Waals surface area contributed by atoms with Crippen LogP contribution in [0.4, 0.5) is 5.69 Å². The van der Waals surface area contributed by atoms with E-state index in [0.717, 1.165) is 5.56 Å². The van der Waals surface area contributed by atoms with Crippen LogP contribution < -0.4 is 10.1 Å². The van der Waals surface area contributed by atoms with Gasteiger partial charge in [0.15, 0.2) is 0 Å². The molecule has 0 radical (unpaired) electrons. The number of amides is 1. The van der Waals surface area contributed by atoms with Crippen molar-refractivity contribution in [2.24, 2.45) is 0 Å². The summed E-state index contributed by atoms with van der Waals surface area (Å²) in [4.78, 5) is 11.7. The lowest BCUT2D eigenvalue weighted by Gasteiger charge is -2.06. The minimum absolute atomic E-state index is 0.185. The predicted octanol–water partition coefficient (Wildman–Crippen LogP) is 2.12. The Morgan fingerprint density at radius 2 is 1.68 bits per heavy atom. The number of hydrogen-bond donors (Lipinski definition) is 2. The van der Waals surface area contributed by atoms with Crippen LogP contribution in [0.2, 0.25) is 0 Å². The molecular weight excluding hydrogens is 306 g/mol. The molecular formula is C15H15NO5S. The van der Waals surface area contributed by atoms with E-state index in [1.165, 1.54) is 24.3 Å². The van der Waals surface area contributed by atoms with Crippen LogP contribution in [-0.2, 0) is 21.3 Å². The Bertz CT molecular complexity index is 752. The largest absolute Gasteiger partial charge is 0.497 e. The molecule has 0 unspecified atom stereocenters. The Balaban J connectivity index is 1.99. The smallest absolute Gasteiger partial charge is 0.294 e. The number of benzene rings is 2. The van der Waals surface area contributed by atoms with E-state index in [4.69, 9.17) is 9.29 Å². The Morgan fingerprint density at radius 3 is 2.18 bits per heavy atom. The zero-order valence-electron chi connectivity index (χ0n) is 11.8. The second kappa shape index (κ2) is 6.59. The lowest BCUT2D eigenvalue weighted by molar-refractivity contribution is -0.115. The van der Waals surface area contributed by atoms with Gasteiger partial charge in [0.1, 0.15) is 5.75 Å². The number of anilines is 1. The van der Waals surface area contributed by atoms with Gasteiger partial charge < -0.3 is 10.1 Å². The van der Waals surface area contributed by atoms with Gasteiger partial charge in [0, 0.05) is 5.69 Å². The maximum atomic E-state index is 11.9. The second-order valence-electron chi connectivity index (χ2n) is 4.57. The number of carbonyl (C=O) groups is 1. The highest BCUT2D eigenvalue weighted by molar-refractivity contribution is 7.85. The Morgan fingerprint density at radius 1 is 1.09 bits per heavy atom. The molecule has 22 heavy (non-hydrogen) atoms. The molecule has 0 heterocycles. The summed E-state index contributed by atoms with van der Waals surface area (Å²) >= 11 is 0. The van der Waals surface area contributed by atoms with E-state index in [1.54, 1.807) is 31.4 Å². The molecule has 0 aromatic heterocycles. The summed E-state index contributed by atoms with van der Waals surface area (Å²) in [5.74, 6) is 0.481. The fraction of sp³-hybridized carbons (Fsp3) is 0.133. The Hall–Kier alpha value is -2.38. The summed E-state index contributed by atoms with van der Waals surface area (Å²) < 4.78 is 35.7. The van der Waals surface area contributed by atoms with Gasteiger partial charge in [0.2, 0.25) is 5.91 Å². The van der Waals surface area contributed by atoms with Crippen LogP contribution in [0, 0.1) is 0 Å². The molecule has 0 atom stereocenters. The van der Waals surface area contributed by atoms with Crippen molar-refractivity contribution in [3.8, 4) is 5.75 Å². The molecule has 0 spiro atoms. The van der Waals surface area contributed by atoms with Crippen LogP contribution in [0.3, 0.4) is 0 Å². The zero-order chi connectivity index (χ0) is 16.2. The third-order valence-electron chi connectivity index (χ3n) is 2.96. The van der Waals surface area contributed by atoms with Crippen molar-refractivity contribution in [1.29, 1.82) is 0 Å². The fourth-order valence-electron chi connectivity index (χ4n) is 1.84. The van der Waals surface area contributed by atoms with Crippen LogP contribution >= 0.6 is 0 Å². The summed E-state index contributed by atoms with van der Waals surface area (Å²) in [7, 11) is -2.66. The molecule has 2 aromatic carbocycles. The SMILES string of the molecule is COc1ccc(CC(=O)Nc2ccc(S(=O)(=O)O)cc2)cc1. The van der Waals surface area contributed by atoms with Gasteiger partial charge in [-0.1, -0.05) is 12.1 Å². The third-order valence-corrected chi connectivity index (χ3v) is 3.83. The Labute approximate surface area is 128 Å². The molecule has 7 heteroatoms. The van der Waals surface area contributed by atoms with Gasteiger partial charge >= 0.3 is 0 Å². The van der Waals surface area contributed by atoms with Gasteiger partial charge in [-0.25, -0.2) is 0 Å². The number of nitrogens with one attached hydrogen (secondary N) is 1. The summed E-state index contributed by atoms with van der Waals surface area (Å²) in [5.41, 5.74) is 1.28. The number of hydrogen-bond acceptors (Lipinski definition) is 4. The van der Waals surface area contributed by atoms with Crippen molar-refractivity contribution in [2.45, 2.75) is 11.3 Å². The monoisotopic (exact) mass is 321 g/mol. The molecule has 0 saturated carbocycles. The Kier molecular flexibility index (Phi) is 4.79. The van der Waals surface area contributed by atoms with Crippen molar-refractivity contribution in [2.75, 3.05) is 12.4 Å². The maximum absolute atomic E-state index is 11.9. The zero-order valence-corrected chi connectivity index (χ0v) is 12.6. The molecule has 2 aromatic rings. The number of ether oxygens (including phenoxy) is 1. The molecule has 0 aliphatic heterocycles. The lowest BCUT2D eigenvalue weighted by Crippen LogP contribution is -2.14. The van der Waals surface area contributed by atoms with Gasteiger partial charge in [-0.3, -0.25) is 9.35 Å². The molecule has 2 rings (SSSR count). The van der Waals surface area contributed by atoms with Crippen LogP contribution in [0.15, 0.2) is 53.4 Å². The molecule has 0 aliphatic rings. The minimum Gasteiger partial charge on any atom is -0.497 e. The van der Waals surface area contributed by atoms with Gasteiger partial charge in [-0.2, -0.15) is 8.42 Å². The standard InChI is InChI=1S/C15H15NO5S/c1-21-13-6-2-11(3-7-13)10-15(17)16-12-4-8-14(9-5-12)22(18,19)20/h2-9H,10H2,1H3,(H,16,17)(H,18,19,20). The summed E-state index contributed by atoms with van der Waals surface area (Å²) in [6.45, 7) is 0. The van der Waals surface area contributed by atoms with E-state index >= 15 is 0 Å². The highest BCUT2D eigenvalue weighted by Gasteiger charge is 2.09. The van der Waals surface area contributed by atoms with Crippen molar-refractivity contribution >= 4 is 21.7 Å². The quantitative estimate of drug-likeness (QED) is 0.823. The van der Waals surface area contributed by atoms with Gasteiger partial charge in [-0.05, 0) is 42.0 Å². The van der Waals surface area contributed by atoms with Crippen molar-refractivity contribution in [3.63, 3.8) is 0 Å². The van der Waals surface area contributed by atoms with E-state index < -0.39 is 10.1 Å². The fourth-order valence-corrected chi connectivity index (χ4v) is 2.32.